The van der Waals surface area contributed by atoms with Gasteiger partial charge >= 0.3 is 0 Å². The Morgan fingerprint density at radius 1 is 1.00 bits per heavy atom. The summed E-state index contributed by atoms with van der Waals surface area (Å²) in [4.78, 5) is 8.96. The van der Waals surface area contributed by atoms with Crippen LogP contribution in [0.15, 0.2) is 42.9 Å². The molecule has 1 aromatic carbocycles. The molecule has 0 saturated heterocycles. The number of rotatable bonds is 0. The molecule has 0 aliphatic carbocycles. The smallest absolute Gasteiger partial charge is 0.229 e. The summed E-state index contributed by atoms with van der Waals surface area (Å²) in [5.74, 6) is 0.495. The highest BCUT2D eigenvalue weighted by molar-refractivity contribution is 5.72. The minimum atomic E-state index is 0.495. The fourth-order valence-corrected chi connectivity index (χ4v) is 3.33. The molecular formula is C19H21N9. The van der Waals surface area contributed by atoms with Crippen molar-refractivity contribution in [3.8, 4) is 5.69 Å². The Kier molecular flexibility index (Phi) is 4.42. The van der Waals surface area contributed by atoms with E-state index in [1.165, 1.54) is 5.56 Å². The highest BCUT2D eigenvalue weighted by atomic mass is 15.4. The molecule has 6 bridgehead atoms. The molecule has 2 aliphatic heterocycles. The van der Waals surface area contributed by atoms with E-state index in [2.05, 4.69) is 60.3 Å². The van der Waals surface area contributed by atoms with Crippen LogP contribution < -0.4 is 10.6 Å². The zero-order valence-electron chi connectivity index (χ0n) is 15.4. The quantitative estimate of drug-likeness (QED) is 0.485. The Morgan fingerprint density at radius 3 is 2.86 bits per heavy atom. The Bertz CT molecular complexity index is 1080. The second kappa shape index (κ2) is 7.35. The van der Waals surface area contributed by atoms with Crippen LogP contribution in [0.4, 0.5) is 11.6 Å². The predicted octanol–water partition coefficient (Wildman–Crippen LogP) is 2.08. The normalized spacial score (nSPS) is 15.1. The van der Waals surface area contributed by atoms with Gasteiger partial charge in [0.25, 0.3) is 0 Å². The highest BCUT2D eigenvalue weighted by Gasteiger charge is 2.11. The minimum absolute atomic E-state index is 0.495. The molecule has 0 amide bonds. The van der Waals surface area contributed by atoms with Gasteiger partial charge in [-0.3, -0.25) is 4.68 Å². The van der Waals surface area contributed by atoms with Crippen LogP contribution in [0.25, 0.3) is 16.9 Å². The zero-order valence-corrected chi connectivity index (χ0v) is 15.4. The summed E-state index contributed by atoms with van der Waals surface area (Å²) in [6, 6.07) is 8.37. The van der Waals surface area contributed by atoms with Crippen LogP contribution in [0.1, 0.15) is 18.4 Å². The van der Waals surface area contributed by atoms with Crippen molar-refractivity contribution in [2.75, 3.05) is 18.4 Å². The van der Waals surface area contributed by atoms with E-state index in [0.29, 0.717) is 17.1 Å². The van der Waals surface area contributed by atoms with Gasteiger partial charge in [0, 0.05) is 12.7 Å². The van der Waals surface area contributed by atoms with Crippen molar-refractivity contribution < 1.29 is 0 Å². The first-order valence-corrected chi connectivity index (χ1v) is 9.53. The summed E-state index contributed by atoms with van der Waals surface area (Å²) < 4.78 is 3.68. The van der Waals surface area contributed by atoms with Gasteiger partial charge in [-0.1, -0.05) is 17.3 Å². The molecule has 0 saturated carbocycles. The van der Waals surface area contributed by atoms with Gasteiger partial charge in [-0.25, -0.2) is 4.98 Å². The molecule has 0 unspecified atom stereocenters. The Hall–Kier alpha value is -3.33. The topological polar surface area (TPSA) is 98.4 Å². The van der Waals surface area contributed by atoms with Gasteiger partial charge in [-0.2, -0.15) is 14.8 Å². The number of nitrogens with zero attached hydrogens (tertiary/aromatic N) is 7. The Labute approximate surface area is 161 Å². The molecule has 28 heavy (non-hydrogen) atoms. The highest BCUT2D eigenvalue weighted by Crippen LogP contribution is 2.18. The zero-order chi connectivity index (χ0) is 18.8. The van der Waals surface area contributed by atoms with Gasteiger partial charge in [-0.15, -0.1) is 5.10 Å². The molecule has 5 heterocycles. The van der Waals surface area contributed by atoms with Crippen molar-refractivity contribution in [3.05, 3.63) is 48.4 Å². The summed E-state index contributed by atoms with van der Waals surface area (Å²) in [5, 5.41) is 19.6. The average molecular weight is 375 g/mol. The third kappa shape index (κ3) is 3.44. The van der Waals surface area contributed by atoms with Crippen molar-refractivity contribution in [1.29, 1.82) is 0 Å². The number of anilines is 2. The number of hydrogen-bond acceptors (Lipinski definition) is 7. The molecule has 2 N–H and O–H groups in total. The number of nitrogens with one attached hydrogen (secondary N) is 2. The SMILES string of the molecule is c1cc2ccc1CCNCCCCn1cc(cn1)Nc1ncc3nnn-2c3n1. The molecule has 0 atom stereocenters. The maximum absolute atomic E-state index is 4.62. The Balaban J connectivity index is 1.52. The lowest BCUT2D eigenvalue weighted by Crippen LogP contribution is -2.19. The number of aromatic nitrogens is 7. The summed E-state index contributed by atoms with van der Waals surface area (Å²) in [5.41, 5.74) is 4.39. The molecule has 0 radical (unpaired) electrons. The minimum Gasteiger partial charge on any atom is -0.321 e. The lowest BCUT2D eigenvalue weighted by molar-refractivity contribution is 0.536. The number of aryl methyl sites for hydroxylation is 1. The van der Waals surface area contributed by atoms with Crippen molar-refractivity contribution in [2.45, 2.75) is 25.8 Å². The van der Waals surface area contributed by atoms with E-state index < -0.39 is 0 Å². The molecule has 142 valence electrons. The van der Waals surface area contributed by atoms with Crippen molar-refractivity contribution in [2.24, 2.45) is 0 Å². The van der Waals surface area contributed by atoms with Gasteiger partial charge in [0.1, 0.15) is 0 Å². The largest absolute Gasteiger partial charge is 0.321 e. The van der Waals surface area contributed by atoms with Gasteiger partial charge < -0.3 is 10.6 Å². The molecule has 9 heteroatoms. The van der Waals surface area contributed by atoms with Gasteiger partial charge in [0.15, 0.2) is 11.2 Å². The van der Waals surface area contributed by atoms with E-state index >= 15 is 0 Å². The third-order valence-corrected chi connectivity index (χ3v) is 4.84. The van der Waals surface area contributed by atoms with Crippen molar-refractivity contribution in [3.63, 3.8) is 0 Å². The summed E-state index contributed by atoms with van der Waals surface area (Å²) in [6.07, 6.45) is 8.64. The molecule has 0 spiro atoms. The van der Waals surface area contributed by atoms with E-state index in [9.17, 15) is 0 Å². The van der Waals surface area contributed by atoms with E-state index in [1.54, 1.807) is 17.1 Å². The number of hydrogen-bond donors (Lipinski definition) is 2. The summed E-state index contributed by atoms with van der Waals surface area (Å²) in [7, 11) is 0. The standard InChI is InChI=1S/C19H21N9/c1-2-10-27-13-15(11-22-27)23-19-21-12-17-18(24-19)28(26-25-17)16-5-3-14(4-6-16)7-9-20-8-1/h3-6,11-13,20H,1-2,7-10H2,(H,21,23,24). The first-order valence-electron chi connectivity index (χ1n) is 9.53. The van der Waals surface area contributed by atoms with Crippen LogP contribution in [-0.4, -0.2) is 47.8 Å². The van der Waals surface area contributed by atoms with E-state index in [4.69, 9.17) is 0 Å². The summed E-state index contributed by atoms with van der Waals surface area (Å²) in [6.45, 7) is 2.88. The van der Waals surface area contributed by atoms with Crippen LogP contribution in [0.5, 0.6) is 0 Å². The molecular weight excluding hydrogens is 354 g/mol. The van der Waals surface area contributed by atoms with Crippen LogP contribution in [0.3, 0.4) is 0 Å². The maximum atomic E-state index is 4.62. The van der Waals surface area contributed by atoms with Gasteiger partial charge in [0.2, 0.25) is 5.95 Å². The third-order valence-electron chi connectivity index (χ3n) is 4.84. The second-order valence-corrected chi connectivity index (χ2v) is 6.89. The van der Waals surface area contributed by atoms with Crippen molar-refractivity contribution >= 4 is 22.8 Å². The van der Waals surface area contributed by atoms with Gasteiger partial charge in [0.05, 0.1) is 23.8 Å². The fraction of sp³-hybridized carbons (Fsp3) is 0.316. The second-order valence-electron chi connectivity index (χ2n) is 6.89. The van der Waals surface area contributed by atoms with Crippen LogP contribution in [-0.2, 0) is 13.0 Å². The molecule has 0 fully saturated rings. The van der Waals surface area contributed by atoms with E-state index in [1.807, 2.05) is 10.9 Å². The molecule has 6 rings (SSSR count). The monoisotopic (exact) mass is 375 g/mol. The molecule has 2 aliphatic rings. The van der Waals surface area contributed by atoms with E-state index in [0.717, 1.165) is 50.3 Å². The molecule has 4 aromatic rings. The Morgan fingerprint density at radius 2 is 1.93 bits per heavy atom. The molecule has 9 nitrogen and oxygen atoms in total. The van der Waals surface area contributed by atoms with Gasteiger partial charge in [-0.05, 0) is 50.0 Å². The number of benzene rings is 1. The fourth-order valence-electron chi connectivity index (χ4n) is 3.33. The van der Waals surface area contributed by atoms with E-state index in [-0.39, 0.29) is 0 Å². The average Bonchev–Trinajstić information content (AvgIpc) is 3.34. The molecule has 3 aromatic heterocycles. The van der Waals surface area contributed by atoms with Crippen LogP contribution >= 0.6 is 0 Å². The lowest BCUT2D eigenvalue weighted by Gasteiger charge is -2.07. The van der Waals surface area contributed by atoms with Crippen LogP contribution in [0.2, 0.25) is 0 Å². The maximum Gasteiger partial charge on any atom is 0.229 e. The first kappa shape index (κ1) is 16.8. The predicted molar refractivity (Wildman–Crippen MR) is 106 cm³/mol. The summed E-state index contributed by atoms with van der Waals surface area (Å²) >= 11 is 0. The first-order chi connectivity index (χ1) is 13.8. The van der Waals surface area contributed by atoms with Crippen LogP contribution in [0, 0.1) is 0 Å². The van der Waals surface area contributed by atoms with Crippen molar-refractivity contribution in [1.82, 2.24) is 40.1 Å². The number of fused-ring (bicyclic) bond motifs is 8. The lowest BCUT2D eigenvalue weighted by atomic mass is 10.1.